The minimum atomic E-state index is 0.586. The molecule has 0 aromatic rings. The highest BCUT2D eigenvalue weighted by Crippen LogP contribution is 2.49. The fourth-order valence-electron chi connectivity index (χ4n) is 4.53. The Morgan fingerprint density at radius 1 is 0.810 bits per heavy atom. The Labute approximate surface area is 136 Å². The fraction of sp³-hybridized carbons (Fsp3) is 1.00. The van der Waals surface area contributed by atoms with E-state index < -0.39 is 0 Å². The van der Waals surface area contributed by atoms with Crippen molar-refractivity contribution < 1.29 is 0 Å². The minimum absolute atomic E-state index is 0.586. The van der Waals surface area contributed by atoms with Crippen LogP contribution in [-0.2, 0) is 0 Å². The maximum absolute atomic E-state index is 2.52. The standard InChI is InChI=1S/C21H44/c1-9-13-19(8)20(11-3)21(12-4,15-14-17(5)6)16-18(7)10-2/h17-20H,9-16H2,1-8H3. The van der Waals surface area contributed by atoms with Crippen LogP contribution in [-0.4, -0.2) is 0 Å². The molecule has 4 unspecified atom stereocenters. The Bertz CT molecular complexity index is 242. The van der Waals surface area contributed by atoms with Crippen molar-refractivity contribution in [2.75, 3.05) is 0 Å². The first-order valence-corrected chi connectivity index (χ1v) is 9.86. The molecule has 0 aromatic heterocycles. The lowest BCUT2D eigenvalue weighted by Crippen LogP contribution is -2.36. The zero-order valence-electron chi connectivity index (χ0n) is 16.5. The van der Waals surface area contributed by atoms with Crippen molar-refractivity contribution in [3.63, 3.8) is 0 Å². The molecule has 0 amide bonds. The van der Waals surface area contributed by atoms with Crippen molar-refractivity contribution in [1.82, 2.24) is 0 Å². The van der Waals surface area contributed by atoms with E-state index in [-0.39, 0.29) is 0 Å². The first-order chi connectivity index (χ1) is 9.86. The predicted octanol–water partition coefficient (Wildman–Crippen LogP) is 7.72. The summed E-state index contributed by atoms with van der Waals surface area (Å²) in [6.07, 6.45) is 11.1. The van der Waals surface area contributed by atoms with Crippen LogP contribution >= 0.6 is 0 Å². The molecule has 0 saturated carbocycles. The van der Waals surface area contributed by atoms with E-state index in [1.807, 2.05) is 0 Å². The van der Waals surface area contributed by atoms with Crippen LogP contribution in [0.1, 0.15) is 107 Å². The third kappa shape index (κ3) is 6.74. The predicted molar refractivity (Wildman–Crippen MR) is 98.7 cm³/mol. The second-order valence-electron chi connectivity index (χ2n) is 8.15. The van der Waals surface area contributed by atoms with E-state index in [4.69, 9.17) is 0 Å². The van der Waals surface area contributed by atoms with Crippen LogP contribution in [0.4, 0.5) is 0 Å². The second-order valence-corrected chi connectivity index (χ2v) is 8.15. The summed E-state index contributed by atoms with van der Waals surface area (Å²) >= 11 is 0. The summed E-state index contributed by atoms with van der Waals surface area (Å²) < 4.78 is 0. The summed E-state index contributed by atoms with van der Waals surface area (Å²) in [6, 6.07) is 0. The summed E-state index contributed by atoms with van der Waals surface area (Å²) in [7, 11) is 0. The van der Waals surface area contributed by atoms with Crippen molar-refractivity contribution in [2.45, 2.75) is 107 Å². The van der Waals surface area contributed by atoms with Crippen molar-refractivity contribution in [1.29, 1.82) is 0 Å². The highest BCUT2D eigenvalue weighted by molar-refractivity contribution is 4.89. The van der Waals surface area contributed by atoms with E-state index in [9.17, 15) is 0 Å². The van der Waals surface area contributed by atoms with Crippen molar-refractivity contribution in [2.24, 2.45) is 29.1 Å². The molecule has 0 saturated heterocycles. The van der Waals surface area contributed by atoms with Gasteiger partial charge in [-0.15, -0.1) is 0 Å². The Morgan fingerprint density at radius 3 is 1.81 bits per heavy atom. The largest absolute Gasteiger partial charge is 0.0654 e. The molecule has 21 heavy (non-hydrogen) atoms. The molecule has 0 radical (unpaired) electrons. The van der Waals surface area contributed by atoms with Crippen LogP contribution < -0.4 is 0 Å². The second kappa shape index (κ2) is 10.7. The van der Waals surface area contributed by atoms with Gasteiger partial charge in [0.15, 0.2) is 0 Å². The molecule has 4 atom stereocenters. The number of hydrogen-bond acceptors (Lipinski definition) is 0. The maximum Gasteiger partial charge on any atom is -0.0267 e. The Balaban J connectivity index is 5.27. The average molecular weight is 297 g/mol. The molecule has 0 aromatic carbocycles. The van der Waals surface area contributed by atoms with Crippen LogP contribution in [0.5, 0.6) is 0 Å². The van der Waals surface area contributed by atoms with Crippen molar-refractivity contribution >= 4 is 0 Å². The first kappa shape index (κ1) is 21.0. The van der Waals surface area contributed by atoms with Gasteiger partial charge in [-0.2, -0.15) is 0 Å². The molecular formula is C21H44. The normalized spacial score (nSPS) is 19.3. The van der Waals surface area contributed by atoms with E-state index in [1.165, 1.54) is 51.4 Å². The van der Waals surface area contributed by atoms with E-state index in [0.717, 1.165) is 23.7 Å². The van der Waals surface area contributed by atoms with Crippen LogP contribution in [0.15, 0.2) is 0 Å². The van der Waals surface area contributed by atoms with E-state index in [2.05, 4.69) is 55.4 Å². The summed E-state index contributed by atoms with van der Waals surface area (Å²) in [5.74, 6) is 3.51. The van der Waals surface area contributed by atoms with Gasteiger partial charge in [-0.1, -0.05) is 93.9 Å². The lowest BCUT2D eigenvalue weighted by Gasteiger charge is -2.45. The van der Waals surface area contributed by atoms with Crippen LogP contribution in [0.3, 0.4) is 0 Å². The summed E-state index contributed by atoms with van der Waals surface area (Å²) in [5, 5.41) is 0. The van der Waals surface area contributed by atoms with Crippen LogP contribution in [0.25, 0.3) is 0 Å². The molecule has 0 spiro atoms. The van der Waals surface area contributed by atoms with Gasteiger partial charge in [0, 0.05) is 0 Å². The van der Waals surface area contributed by atoms with Gasteiger partial charge >= 0.3 is 0 Å². The smallest absolute Gasteiger partial charge is 0.0267 e. The summed E-state index contributed by atoms with van der Waals surface area (Å²) in [5.41, 5.74) is 0.586. The van der Waals surface area contributed by atoms with Gasteiger partial charge in [-0.25, -0.2) is 0 Å². The average Bonchev–Trinajstić information content (AvgIpc) is 2.45. The molecule has 0 aliphatic carbocycles. The van der Waals surface area contributed by atoms with Crippen LogP contribution in [0.2, 0.25) is 0 Å². The van der Waals surface area contributed by atoms with Crippen LogP contribution in [0, 0.1) is 29.1 Å². The molecule has 0 aliphatic heterocycles. The van der Waals surface area contributed by atoms with Crippen molar-refractivity contribution in [3.05, 3.63) is 0 Å². The van der Waals surface area contributed by atoms with Gasteiger partial charge in [0.25, 0.3) is 0 Å². The Morgan fingerprint density at radius 2 is 1.43 bits per heavy atom. The SMILES string of the molecule is CCCC(C)C(CC)C(CC)(CCC(C)C)CC(C)CC. The summed E-state index contributed by atoms with van der Waals surface area (Å²) in [6.45, 7) is 19.4. The molecule has 0 heterocycles. The fourth-order valence-corrected chi connectivity index (χ4v) is 4.53. The van der Waals surface area contributed by atoms with Crippen molar-refractivity contribution in [3.8, 4) is 0 Å². The van der Waals surface area contributed by atoms with Gasteiger partial charge in [0.05, 0.1) is 0 Å². The quantitative estimate of drug-likeness (QED) is 0.346. The first-order valence-electron chi connectivity index (χ1n) is 9.86. The third-order valence-corrected chi connectivity index (χ3v) is 6.03. The maximum atomic E-state index is 2.52. The molecule has 0 bridgehead atoms. The molecular weight excluding hydrogens is 252 g/mol. The monoisotopic (exact) mass is 296 g/mol. The van der Waals surface area contributed by atoms with Gasteiger partial charge < -0.3 is 0 Å². The summed E-state index contributed by atoms with van der Waals surface area (Å²) in [4.78, 5) is 0. The number of rotatable bonds is 12. The number of hydrogen-bond donors (Lipinski definition) is 0. The van der Waals surface area contributed by atoms with Gasteiger partial charge in [-0.3, -0.25) is 0 Å². The highest BCUT2D eigenvalue weighted by Gasteiger charge is 2.39. The molecule has 0 fully saturated rings. The Hall–Kier alpha value is 0. The third-order valence-electron chi connectivity index (χ3n) is 6.03. The van der Waals surface area contributed by atoms with Gasteiger partial charge in [0.1, 0.15) is 0 Å². The highest BCUT2D eigenvalue weighted by atomic mass is 14.4. The van der Waals surface area contributed by atoms with E-state index in [0.29, 0.717) is 5.41 Å². The zero-order chi connectivity index (χ0) is 16.5. The van der Waals surface area contributed by atoms with E-state index >= 15 is 0 Å². The minimum Gasteiger partial charge on any atom is -0.0654 e. The van der Waals surface area contributed by atoms with Gasteiger partial charge in [-0.05, 0) is 41.9 Å². The molecule has 0 rings (SSSR count). The Kier molecular flexibility index (Phi) is 10.7. The molecule has 0 N–H and O–H groups in total. The van der Waals surface area contributed by atoms with Gasteiger partial charge in [0.2, 0.25) is 0 Å². The van der Waals surface area contributed by atoms with E-state index in [1.54, 1.807) is 0 Å². The molecule has 0 aliphatic rings. The molecule has 128 valence electrons. The zero-order valence-corrected chi connectivity index (χ0v) is 16.5. The topological polar surface area (TPSA) is 0 Å². The lowest BCUT2D eigenvalue weighted by atomic mass is 9.60. The molecule has 0 heteroatoms. The lowest BCUT2D eigenvalue weighted by molar-refractivity contribution is 0.0463. The molecule has 0 nitrogen and oxygen atoms in total.